The van der Waals surface area contributed by atoms with Crippen molar-refractivity contribution in [3.8, 4) is 0 Å². The van der Waals surface area contributed by atoms with Crippen LogP contribution < -0.4 is 10.5 Å². The first kappa shape index (κ1) is 15.4. The summed E-state index contributed by atoms with van der Waals surface area (Å²) in [6.45, 7) is 4.02. The smallest absolute Gasteiger partial charge is 0.258 e. The zero-order chi connectivity index (χ0) is 14.4. The first-order valence-corrected chi connectivity index (χ1v) is 8.47. The third kappa shape index (κ3) is 4.24. The van der Waals surface area contributed by atoms with Crippen LogP contribution in [0.15, 0.2) is 23.4 Å². The van der Waals surface area contributed by atoms with Gasteiger partial charge in [-0.1, -0.05) is 6.07 Å². The summed E-state index contributed by atoms with van der Waals surface area (Å²) in [5, 5.41) is 0.0517. The molecule has 0 aromatic carbocycles. The normalized spacial score (nSPS) is 16.6. The number of nitrogens with one attached hydrogen (secondary N) is 1. The van der Waals surface area contributed by atoms with E-state index in [9.17, 15) is 8.42 Å². The molecule has 1 aromatic rings. The molecule has 2 rings (SSSR count). The van der Waals surface area contributed by atoms with Crippen LogP contribution in [0.4, 0.5) is 0 Å². The molecule has 1 aliphatic rings. The van der Waals surface area contributed by atoms with Crippen LogP contribution in [0.5, 0.6) is 0 Å². The molecule has 0 bridgehead atoms. The number of nitrogens with two attached hydrogens (primary N) is 1. The SMILES string of the molecule is NCc1ccc(S(=O)(=O)NCCCN2CCCC2)nc1. The third-order valence-corrected chi connectivity index (χ3v) is 4.83. The van der Waals surface area contributed by atoms with E-state index in [-0.39, 0.29) is 5.03 Å². The van der Waals surface area contributed by atoms with Gasteiger partial charge in [-0.3, -0.25) is 0 Å². The zero-order valence-electron chi connectivity index (χ0n) is 11.6. The summed E-state index contributed by atoms with van der Waals surface area (Å²) in [4.78, 5) is 6.30. The standard InChI is InChI=1S/C13H22N4O2S/c14-10-12-4-5-13(15-11-12)20(18,19)16-6-3-9-17-7-1-2-8-17/h4-5,11,16H,1-3,6-10,14H2. The molecule has 0 saturated carbocycles. The maximum Gasteiger partial charge on any atom is 0.258 e. The molecule has 7 heteroatoms. The fourth-order valence-electron chi connectivity index (χ4n) is 2.28. The minimum atomic E-state index is -3.50. The van der Waals surface area contributed by atoms with E-state index in [1.807, 2.05) is 0 Å². The van der Waals surface area contributed by atoms with Crippen molar-refractivity contribution < 1.29 is 8.42 Å². The lowest BCUT2D eigenvalue weighted by Crippen LogP contribution is -2.29. The maximum atomic E-state index is 12.0. The molecule has 3 N–H and O–H groups in total. The summed E-state index contributed by atoms with van der Waals surface area (Å²) < 4.78 is 26.6. The Hall–Kier alpha value is -1.02. The van der Waals surface area contributed by atoms with Gasteiger partial charge in [-0.2, -0.15) is 0 Å². The minimum absolute atomic E-state index is 0.0517. The van der Waals surface area contributed by atoms with E-state index in [2.05, 4.69) is 14.6 Å². The molecule has 1 fully saturated rings. The van der Waals surface area contributed by atoms with Gasteiger partial charge in [0.05, 0.1) is 0 Å². The maximum absolute atomic E-state index is 12.0. The van der Waals surface area contributed by atoms with Crippen molar-refractivity contribution in [3.05, 3.63) is 23.9 Å². The zero-order valence-corrected chi connectivity index (χ0v) is 12.4. The predicted octanol–water partition coefficient (Wildman–Crippen LogP) is 0.304. The summed E-state index contributed by atoms with van der Waals surface area (Å²) in [7, 11) is -3.50. The van der Waals surface area contributed by atoms with Crippen molar-refractivity contribution in [1.29, 1.82) is 0 Å². The number of hydrogen-bond donors (Lipinski definition) is 2. The average molecular weight is 298 g/mol. The quantitative estimate of drug-likeness (QED) is 0.707. The number of aromatic nitrogens is 1. The Morgan fingerprint density at radius 1 is 1.30 bits per heavy atom. The fraction of sp³-hybridized carbons (Fsp3) is 0.615. The highest BCUT2D eigenvalue weighted by atomic mass is 32.2. The molecule has 6 nitrogen and oxygen atoms in total. The lowest BCUT2D eigenvalue weighted by atomic mass is 10.3. The van der Waals surface area contributed by atoms with E-state index in [1.165, 1.54) is 25.1 Å². The fourth-order valence-corrected chi connectivity index (χ4v) is 3.28. The molecular formula is C13H22N4O2S. The minimum Gasteiger partial charge on any atom is -0.326 e. The van der Waals surface area contributed by atoms with Crippen molar-refractivity contribution in [2.75, 3.05) is 26.2 Å². The van der Waals surface area contributed by atoms with E-state index in [0.29, 0.717) is 13.1 Å². The lowest BCUT2D eigenvalue weighted by Gasteiger charge is -2.14. The molecule has 0 aliphatic carbocycles. The van der Waals surface area contributed by atoms with Gasteiger partial charge in [0.2, 0.25) is 0 Å². The molecule has 2 heterocycles. The second-order valence-electron chi connectivity index (χ2n) is 5.01. The number of pyridine rings is 1. The third-order valence-electron chi connectivity index (χ3n) is 3.45. The second-order valence-corrected chi connectivity index (χ2v) is 6.72. The molecule has 0 unspecified atom stereocenters. The van der Waals surface area contributed by atoms with Gasteiger partial charge in [0, 0.05) is 19.3 Å². The van der Waals surface area contributed by atoms with Gasteiger partial charge in [0.15, 0.2) is 5.03 Å². The van der Waals surface area contributed by atoms with Crippen LogP contribution in [-0.4, -0.2) is 44.5 Å². The number of rotatable bonds is 7. The Balaban J connectivity index is 1.80. The van der Waals surface area contributed by atoms with Crippen molar-refractivity contribution in [2.45, 2.75) is 30.8 Å². The Morgan fingerprint density at radius 2 is 2.05 bits per heavy atom. The highest BCUT2D eigenvalue weighted by Gasteiger charge is 2.15. The van der Waals surface area contributed by atoms with E-state index < -0.39 is 10.0 Å². The van der Waals surface area contributed by atoms with Crippen molar-refractivity contribution in [1.82, 2.24) is 14.6 Å². The number of hydrogen-bond acceptors (Lipinski definition) is 5. The van der Waals surface area contributed by atoms with Crippen molar-refractivity contribution >= 4 is 10.0 Å². The van der Waals surface area contributed by atoms with Crippen LogP contribution >= 0.6 is 0 Å². The van der Waals surface area contributed by atoms with Crippen LogP contribution in [0.3, 0.4) is 0 Å². The summed E-state index contributed by atoms with van der Waals surface area (Å²) in [6, 6.07) is 3.18. The van der Waals surface area contributed by atoms with Crippen molar-refractivity contribution in [2.24, 2.45) is 5.73 Å². The number of sulfonamides is 1. The monoisotopic (exact) mass is 298 g/mol. The first-order chi connectivity index (χ1) is 9.62. The molecule has 1 saturated heterocycles. The lowest BCUT2D eigenvalue weighted by molar-refractivity contribution is 0.334. The number of likely N-dealkylation sites (tertiary alicyclic amines) is 1. The topological polar surface area (TPSA) is 88.3 Å². The number of nitrogens with zero attached hydrogens (tertiary/aromatic N) is 2. The van der Waals surface area contributed by atoms with Gasteiger partial charge < -0.3 is 10.6 Å². The van der Waals surface area contributed by atoms with Crippen LogP contribution in [0, 0.1) is 0 Å². The highest BCUT2D eigenvalue weighted by Crippen LogP contribution is 2.08. The van der Waals surface area contributed by atoms with Gasteiger partial charge >= 0.3 is 0 Å². The molecule has 0 atom stereocenters. The van der Waals surface area contributed by atoms with Crippen LogP contribution in [0.1, 0.15) is 24.8 Å². The Kier molecular flexibility index (Phi) is 5.47. The molecule has 0 amide bonds. The van der Waals surface area contributed by atoms with E-state index in [0.717, 1.165) is 31.6 Å². The average Bonchev–Trinajstić information content (AvgIpc) is 2.97. The predicted molar refractivity (Wildman–Crippen MR) is 77.6 cm³/mol. The summed E-state index contributed by atoms with van der Waals surface area (Å²) in [5.41, 5.74) is 6.27. The van der Waals surface area contributed by atoms with Gasteiger partial charge in [-0.05, 0) is 50.5 Å². The van der Waals surface area contributed by atoms with Crippen LogP contribution in [-0.2, 0) is 16.6 Å². The molecule has 1 aliphatic heterocycles. The Bertz CT molecular complexity index is 510. The largest absolute Gasteiger partial charge is 0.326 e. The van der Waals surface area contributed by atoms with Gasteiger partial charge in [0.1, 0.15) is 0 Å². The molecular weight excluding hydrogens is 276 g/mol. The first-order valence-electron chi connectivity index (χ1n) is 6.99. The van der Waals surface area contributed by atoms with E-state index >= 15 is 0 Å². The van der Waals surface area contributed by atoms with E-state index in [1.54, 1.807) is 6.07 Å². The van der Waals surface area contributed by atoms with Gasteiger partial charge in [-0.25, -0.2) is 18.1 Å². The Labute approximate surface area is 120 Å². The van der Waals surface area contributed by atoms with Gasteiger partial charge in [-0.15, -0.1) is 0 Å². The summed E-state index contributed by atoms with van der Waals surface area (Å²) in [5.74, 6) is 0. The molecule has 1 aromatic heterocycles. The molecule has 0 spiro atoms. The van der Waals surface area contributed by atoms with Crippen LogP contribution in [0.25, 0.3) is 0 Å². The highest BCUT2D eigenvalue weighted by molar-refractivity contribution is 7.89. The van der Waals surface area contributed by atoms with Crippen molar-refractivity contribution in [3.63, 3.8) is 0 Å². The Morgan fingerprint density at radius 3 is 2.65 bits per heavy atom. The van der Waals surface area contributed by atoms with E-state index in [4.69, 9.17) is 5.73 Å². The molecule has 20 heavy (non-hydrogen) atoms. The molecule has 112 valence electrons. The summed E-state index contributed by atoms with van der Waals surface area (Å²) in [6.07, 6.45) is 4.82. The second kappa shape index (κ2) is 7.12. The van der Waals surface area contributed by atoms with Crippen LogP contribution in [0.2, 0.25) is 0 Å². The summed E-state index contributed by atoms with van der Waals surface area (Å²) >= 11 is 0. The molecule has 0 radical (unpaired) electrons. The van der Waals surface area contributed by atoms with Gasteiger partial charge in [0.25, 0.3) is 10.0 Å².